The lowest BCUT2D eigenvalue weighted by Gasteiger charge is -2.34. The summed E-state index contributed by atoms with van der Waals surface area (Å²) >= 11 is 0. The zero-order chi connectivity index (χ0) is 21.7. The topological polar surface area (TPSA) is 66.9 Å². The number of hydrogen-bond donors (Lipinski definition) is 0. The highest BCUT2D eigenvalue weighted by Gasteiger charge is 2.30. The molecule has 0 N–H and O–H groups in total. The Balaban J connectivity index is 1.65. The number of carbonyl (C=O) groups is 1. The predicted molar refractivity (Wildman–Crippen MR) is 117 cm³/mol. The Morgan fingerprint density at radius 1 is 1.07 bits per heavy atom. The third-order valence-electron chi connectivity index (χ3n) is 5.71. The van der Waals surface area contributed by atoms with Gasteiger partial charge in [-0.1, -0.05) is 38.1 Å². The summed E-state index contributed by atoms with van der Waals surface area (Å²) in [4.78, 5) is 14.8. The average molecular weight is 431 g/mol. The molecule has 30 heavy (non-hydrogen) atoms. The van der Waals surface area contributed by atoms with Crippen LogP contribution in [-0.4, -0.2) is 56.8 Å². The van der Waals surface area contributed by atoms with Gasteiger partial charge in [-0.2, -0.15) is 4.31 Å². The Hall–Kier alpha value is -2.22. The van der Waals surface area contributed by atoms with Gasteiger partial charge in [-0.15, -0.1) is 0 Å². The summed E-state index contributed by atoms with van der Waals surface area (Å²) in [5, 5.41) is 0. The molecular weight excluding hydrogens is 400 g/mol. The van der Waals surface area contributed by atoms with Crippen LogP contribution in [0.3, 0.4) is 0 Å². The van der Waals surface area contributed by atoms with E-state index in [-0.39, 0.29) is 5.91 Å². The molecule has 1 unspecified atom stereocenters. The number of carbonyl (C=O) groups excluding carboxylic acids is 1. The van der Waals surface area contributed by atoms with E-state index in [1.54, 1.807) is 30.2 Å². The van der Waals surface area contributed by atoms with Gasteiger partial charge in [-0.25, -0.2) is 8.42 Å². The second-order valence-corrected chi connectivity index (χ2v) is 9.65. The Kier molecular flexibility index (Phi) is 7.28. The van der Waals surface area contributed by atoms with Crippen molar-refractivity contribution in [2.24, 2.45) is 0 Å². The van der Waals surface area contributed by atoms with Crippen molar-refractivity contribution in [3.63, 3.8) is 0 Å². The molecule has 1 amide bonds. The number of ether oxygens (including phenoxy) is 1. The van der Waals surface area contributed by atoms with Gasteiger partial charge < -0.3 is 9.64 Å². The van der Waals surface area contributed by atoms with Crippen molar-refractivity contribution in [3.05, 3.63) is 65.2 Å². The van der Waals surface area contributed by atoms with Crippen LogP contribution in [0.4, 0.5) is 0 Å². The number of methoxy groups -OCH3 is 1. The molecule has 0 aliphatic carbocycles. The fourth-order valence-corrected chi connectivity index (χ4v) is 5.05. The van der Waals surface area contributed by atoms with Gasteiger partial charge in [0.1, 0.15) is 0 Å². The quantitative estimate of drug-likeness (QED) is 0.674. The average Bonchev–Trinajstić information content (AvgIpc) is 2.78. The second kappa shape index (κ2) is 9.73. The van der Waals surface area contributed by atoms with E-state index >= 15 is 0 Å². The highest BCUT2D eigenvalue weighted by atomic mass is 32.2. The second-order valence-electron chi connectivity index (χ2n) is 7.71. The van der Waals surface area contributed by atoms with Crippen LogP contribution < -0.4 is 0 Å². The van der Waals surface area contributed by atoms with Gasteiger partial charge in [0.05, 0.1) is 11.5 Å². The van der Waals surface area contributed by atoms with E-state index in [0.717, 1.165) is 17.5 Å². The van der Waals surface area contributed by atoms with Crippen molar-refractivity contribution in [1.82, 2.24) is 9.21 Å². The van der Waals surface area contributed by atoms with E-state index in [1.165, 1.54) is 4.31 Å². The van der Waals surface area contributed by atoms with Crippen molar-refractivity contribution < 1.29 is 17.9 Å². The maximum Gasteiger partial charge on any atom is 0.253 e. The minimum atomic E-state index is -3.56. The first kappa shape index (κ1) is 22.5. The zero-order valence-corrected chi connectivity index (χ0v) is 18.7. The molecule has 162 valence electrons. The van der Waals surface area contributed by atoms with Crippen LogP contribution in [0.5, 0.6) is 0 Å². The minimum Gasteiger partial charge on any atom is -0.380 e. The zero-order valence-electron chi connectivity index (χ0n) is 17.9. The summed E-state index contributed by atoms with van der Waals surface area (Å²) in [6.45, 7) is 6.02. The van der Waals surface area contributed by atoms with Crippen LogP contribution >= 0.6 is 0 Å². The third-order valence-corrected chi connectivity index (χ3v) is 7.62. The minimum absolute atomic E-state index is 0.0806. The molecule has 1 aliphatic heterocycles. The van der Waals surface area contributed by atoms with E-state index < -0.39 is 10.0 Å². The largest absolute Gasteiger partial charge is 0.380 e. The standard InChI is InChI=1S/C23H30N2O4S/c1-4-18(2)20-8-10-22(11-9-20)30(27,28)25-14-12-24(13-15-25)23(26)21-7-5-6-19(16-21)17-29-3/h5-11,16,18H,4,12-15,17H2,1-3H3. The molecule has 6 nitrogen and oxygen atoms in total. The van der Waals surface area contributed by atoms with Crippen LogP contribution in [0.15, 0.2) is 53.4 Å². The molecule has 2 aromatic carbocycles. The van der Waals surface area contributed by atoms with Crippen LogP contribution in [-0.2, 0) is 21.4 Å². The molecule has 1 heterocycles. The van der Waals surface area contributed by atoms with E-state index in [2.05, 4.69) is 13.8 Å². The van der Waals surface area contributed by atoms with Crippen LogP contribution in [0.2, 0.25) is 0 Å². The number of sulfonamides is 1. The number of benzene rings is 2. The molecule has 3 rings (SSSR count). The van der Waals surface area contributed by atoms with Gasteiger partial charge in [0.25, 0.3) is 5.91 Å². The van der Waals surface area contributed by atoms with Gasteiger partial charge in [0, 0.05) is 38.9 Å². The number of piperazine rings is 1. The fraction of sp³-hybridized carbons (Fsp3) is 0.435. The molecule has 0 radical (unpaired) electrons. The molecule has 1 saturated heterocycles. The van der Waals surface area contributed by atoms with Gasteiger partial charge in [-0.3, -0.25) is 4.79 Å². The molecule has 2 aromatic rings. The Morgan fingerprint density at radius 2 is 1.73 bits per heavy atom. The number of rotatable bonds is 7. The SMILES string of the molecule is CCC(C)c1ccc(S(=O)(=O)N2CCN(C(=O)c3cccc(COC)c3)CC2)cc1. The third kappa shape index (κ3) is 4.91. The monoisotopic (exact) mass is 430 g/mol. The molecule has 0 bridgehead atoms. The van der Waals surface area contributed by atoms with E-state index in [0.29, 0.717) is 49.2 Å². The predicted octanol–water partition coefficient (Wildman–Crippen LogP) is 3.49. The first-order valence-corrected chi connectivity index (χ1v) is 11.8. The van der Waals surface area contributed by atoms with Gasteiger partial charge >= 0.3 is 0 Å². The summed E-state index contributed by atoms with van der Waals surface area (Å²) in [6.07, 6.45) is 1.01. The molecule has 7 heteroatoms. The molecule has 1 aliphatic rings. The van der Waals surface area contributed by atoms with E-state index in [9.17, 15) is 13.2 Å². The fourth-order valence-electron chi connectivity index (χ4n) is 3.63. The summed E-state index contributed by atoms with van der Waals surface area (Å²) in [6, 6.07) is 14.5. The van der Waals surface area contributed by atoms with Crippen molar-refractivity contribution in [2.75, 3.05) is 33.3 Å². The molecule has 1 atom stereocenters. The molecule has 0 aromatic heterocycles. The van der Waals surface area contributed by atoms with Crippen LogP contribution in [0.25, 0.3) is 0 Å². The maximum atomic E-state index is 13.0. The van der Waals surface area contributed by atoms with E-state index in [4.69, 9.17) is 4.74 Å². The normalized spacial score (nSPS) is 16.4. The van der Waals surface area contributed by atoms with Crippen LogP contribution in [0.1, 0.15) is 47.7 Å². The molecule has 0 saturated carbocycles. The summed E-state index contributed by atoms with van der Waals surface area (Å²) in [7, 11) is -1.94. The lowest BCUT2D eigenvalue weighted by atomic mass is 9.99. The highest BCUT2D eigenvalue weighted by molar-refractivity contribution is 7.89. The summed E-state index contributed by atoms with van der Waals surface area (Å²) < 4.78 is 32.6. The van der Waals surface area contributed by atoms with Gasteiger partial charge in [-0.05, 0) is 47.7 Å². The molecule has 0 spiro atoms. The Morgan fingerprint density at radius 3 is 2.33 bits per heavy atom. The summed E-state index contributed by atoms with van der Waals surface area (Å²) in [5.41, 5.74) is 2.68. The van der Waals surface area contributed by atoms with Crippen LogP contribution in [0, 0.1) is 0 Å². The number of amides is 1. The summed E-state index contributed by atoms with van der Waals surface area (Å²) in [5.74, 6) is 0.321. The molecular formula is C23H30N2O4S. The van der Waals surface area contributed by atoms with Gasteiger partial charge in [0.2, 0.25) is 10.0 Å². The lowest BCUT2D eigenvalue weighted by Crippen LogP contribution is -2.50. The Labute approximate surface area is 179 Å². The van der Waals surface area contributed by atoms with Crippen molar-refractivity contribution in [1.29, 1.82) is 0 Å². The number of hydrogen-bond acceptors (Lipinski definition) is 4. The first-order valence-electron chi connectivity index (χ1n) is 10.3. The van der Waals surface area contributed by atoms with Crippen molar-refractivity contribution in [3.8, 4) is 0 Å². The number of nitrogens with zero attached hydrogens (tertiary/aromatic N) is 2. The Bertz CT molecular complexity index is 965. The maximum absolute atomic E-state index is 13.0. The van der Waals surface area contributed by atoms with Crippen molar-refractivity contribution >= 4 is 15.9 Å². The molecule has 1 fully saturated rings. The smallest absolute Gasteiger partial charge is 0.253 e. The van der Waals surface area contributed by atoms with Gasteiger partial charge in [0.15, 0.2) is 0 Å². The van der Waals surface area contributed by atoms with Crippen molar-refractivity contribution in [2.45, 2.75) is 37.7 Å². The highest BCUT2D eigenvalue weighted by Crippen LogP contribution is 2.23. The lowest BCUT2D eigenvalue weighted by molar-refractivity contribution is 0.0697. The van der Waals surface area contributed by atoms with E-state index in [1.807, 2.05) is 30.3 Å². The first-order chi connectivity index (χ1) is 14.4.